The molecular formula is C23H30N2. The highest BCUT2D eigenvalue weighted by atomic mass is 14.8. The van der Waals surface area contributed by atoms with Crippen LogP contribution in [0.3, 0.4) is 0 Å². The van der Waals surface area contributed by atoms with Crippen LogP contribution >= 0.6 is 0 Å². The summed E-state index contributed by atoms with van der Waals surface area (Å²) in [7, 11) is 0. The lowest BCUT2D eigenvalue weighted by molar-refractivity contribution is 1.26. The Bertz CT molecular complexity index is 737. The normalized spacial score (nSPS) is 12.6. The van der Waals surface area contributed by atoms with E-state index in [1.165, 1.54) is 33.4 Å². The average Bonchev–Trinajstić information content (AvgIpc) is 2.46. The molecule has 0 aliphatic carbocycles. The molecule has 0 amide bonds. The van der Waals surface area contributed by atoms with E-state index in [0.717, 1.165) is 29.2 Å². The van der Waals surface area contributed by atoms with Crippen LogP contribution in [0.1, 0.15) is 53.6 Å². The highest BCUT2D eigenvalue weighted by Crippen LogP contribution is 2.27. The van der Waals surface area contributed by atoms with E-state index < -0.39 is 0 Å². The largest absolute Gasteiger partial charge is 0.257 e. The van der Waals surface area contributed by atoms with Gasteiger partial charge < -0.3 is 0 Å². The third-order valence-corrected chi connectivity index (χ3v) is 4.39. The van der Waals surface area contributed by atoms with Gasteiger partial charge in [0.05, 0.1) is 11.4 Å². The summed E-state index contributed by atoms with van der Waals surface area (Å²) in [5.41, 5.74) is 11.9. The predicted molar refractivity (Wildman–Crippen MR) is 111 cm³/mol. The van der Waals surface area contributed by atoms with Gasteiger partial charge in [-0.3, -0.25) is 9.98 Å². The van der Waals surface area contributed by atoms with Gasteiger partial charge >= 0.3 is 0 Å². The second kappa shape index (κ2) is 7.77. The van der Waals surface area contributed by atoms with Gasteiger partial charge in [-0.25, -0.2) is 0 Å². The van der Waals surface area contributed by atoms with E-state index in [4.69, 9.17) is 9.98 Å². The lowest BCUT2D eigenvalue weighted by atomic mass is 10.0. The van der Waals surface area contributed by atoms with Crippen LogP contribution in [0.15, 0.2) is 34.3 Å². The zero-order valence-electron chi connectivity index (χ0n) is 16.9. The Kier molecular flexibility index (Phi) is 5.94. The highest BCUT2D eigenvalue weighted by Gasteiger charge is 2.06. The van der Waals surface area contributed by atoms with Crippen molar-refractivity contribution in [3.8, 4) is 0 Å². The number of hydrogen-bond donors (Lipinski definition) is 0. The summed E-state index contributed by atoms with van der Waals surface area (Å²) < 4.78 is 0. The minimum atomic E-state index is 0.791. The maximum Gasteiger partial charge on any atom is 0.0687 e. The fraction of sp³-hybridized carbons (Fsp3) is 0.391. The summed E-state index contributed by atoms with van der Waals surface area (Å²) in [6.07, 6.45) is 0.791. The molecule has 2 rings (SSSR count). The van der Waals surface area contributed by atoms with Crippen molar-refractivity contribution in [1.29, 1.82) is 0 Å². The van der Waals surface area contributed by atoms with Gasteiger partial charge in [0.1, 0.15) is 0 Å². The van der Waals surface area contributed by atoms with Crippen molar-refractivity contribution >= 4 is 22.8 Å². The molecule has 0 saturated heterocycles. The fourth-order valence-electron chi connectivity index (χ4n) is 3.53. The summed E-state index contributed by atoms with van der Waals surface area (Å²) in [5, 5.41) is 0. The van der Waals surface area contributed by atoms with Crippen LogP contribution in [0, 0.1) is 41.5 Å². The Morgan fingerprint density at radius 3 is 1.16 bits per heavy atom. The van der Waals surface area contributed by atoms with Gasteiger partial charge in [0.2, 0.25) is 0 Å². The maximum atomic E-state index is 4.88. The van der Waals surface area contributed by atoms with Gasteiger partial charge in [-0.2, -0.15) is 0 Å². The van der Waals surface area contributed by atoms with E-state index in [0.29, 0.717) is 0 Å². The molecule has 0 unspecified atom stereocenters. The van der Waals surface area contributed by atoms with Crippen LogP contribution < -0.4 is 0 Å². The second-order valence-corrected chi connectivity index (χ2v) is 7.37. The molecule has 0 fully saturated rings. The van der Waals surface area contributed by atoms with Crippen molar-refractivity contribution in [2.45, 2.75) is 61.8 Å². The summed E-state index contributed by atoms with van der Waals surface area (Å²) in [6.45, 7) is 17.0. The van der Waals surface area contributed by atoms with Gasteiger partial charge in [-0.05, 0) is 77.6 Å². The summed E-state index contributed by atoms with van der Waals surface area (Å²) in [6, 6.07) is 8.77. The molecule has 0 aliphatic rings. The van der Waals surface area contributed by atoms with Crippen molar-refractivity contribution in [1.82, 2.24) is 0 Å². The van der Waals surface area contributed by atoms with Crippen LogP contribution in [-0.2, 0) is 0 Å². The summed E-state index contributed by atoms with van der Waals surface area (Å²) >= 11 is 0. The van der Waals surface area contributed by atoms with Crippen molar-refractivity contribution in [3.05, 3.63) is 57.6 Å². The predicted octanol–water partition coefficient (Wildman–Crippen LogP) is 6.81. The number of aryl methyl sites for hydroxylation is 6. The summed E-state index contributed by atoms with van der Waals surface area (Å²) in [5.74, 6) is 0. The molecule has 2 nitrogen and oxygen atoms in total. The number of nitrogens with zero attached hydrogens (tertiary/aromatic N) is 2. The highest BCUT2D eigenvalue weighted by molar-refractivity contribution is 6.04. The third-order valence-electron chi connectivity index (χ3n) is 4.39. The van der Waals surface area contributed by atoms with E-state index in [-0.39, 0.29) is 0 Å². The molecule has 2 aromatic rings. The zero-order chi connectivity index (χ0) is 18.7. The number of hydrogen-bond acceptors (Lipinski definition) is 2. The zero-order valence-corrected chi connectivity index (χ0v) is 16.9. The SMILES string of the molecule is CC(CC(C)=Nc1c(C)cc(C)cc1C)=Nc1c(C)cc(C)cc1C. The molecule has 0 radical (unpaired) electrons. The molecule has 0 saturated carbocycles. The quantitative estimate of drug-likeness (QED) is 0.548. The smallest absolute Gasteiger partial charge is 0.0687 e. The molecule has 0 aromatic heterocycles. The summed E-state index contributed by atoms with van der Waals surface area (Å²) in [4.78, 5) is 9.75. The van der Waals surface area contributed by atoms with E-state index >= 15 is 0 Å². The topological polar surface area (TPSA) is 24.7 Å². The minimum Gasteiger partial charge on any atom is -0.257 e. The van der Waals surface area contributed by atoms with Crippen molar-refractivity contribution in [2.24, 2.45) is 9.98 Å². The lowest BCUT2D eigenvalue weighted by Crippen LogP contribution is -2.01. The molecule has 0 heterocycles. The van der Waals surface area contributed by atoms with Gasteiger partial charge in [-0.15, -0.1) is 0 Å². The first-order valence-electron chi connectivity index (χ1n) is 8.91. The molecule has 0 N–H and O–H groups in total. The monoisotopic (exact) mass is 334 g/mol. The third kappa shape index (κ3) is 4.88. The van der Waals surface area contributed by atoms with Crippen molar-refractivity contribution < 1.29 is 0 Å². The minimum absolute atomic E-state index is 0.791. The standard InChI is InChI=1S/C23H30N2/c1-14-9-16(3)22(17(4)10-14)24-20(7)13-21(8)25-23-18(5)11-15(2)12-19(23)6/h9-12H,13H2,1-8H3. The molecule has 0 bridgehead atoms. The van der Waals surface area contributed by atoms with E-state index in [9.17, 15) is 0 Å². The Morgan fingerprint density at radius 2 is 0.880 bits per heavy atom. The first-order chi connectivity index (χ1) is 11.7. The van der Waals surface area contributed by atoms with Crippen molar-refractivity contribution in [2.75, 3.05) is 0 Å². The van der Waals surface area contributed by atoms with Crippen LogP contribution in [-0.4, -0.2) is 11.4 Å². The fourth-order valence-corrected chi connectivity index (χ4v) is 3.53. The average molecular weight is 335 g/mol. The first-order valence-corrected chi connectivity index (χ1v) is 8.91. The lowest BCUT2D eigenvalue weighted by Gasteiger charge is -2.10. The van der Waals surface area contributed by atoms with Gasteiger partial charge in [0, 0.05) is 17.8 Å². The van der Waals surface area contributed by atoms with Crippen LogP contribution in [0.25, 0.3) is 0 Å². The Labute approximate surface area is 152 Å². The van der Waals surface area contributed by atoms with Gasteiger partial charge in [0.25, 0.3) is 0 Å². The number of rotatable bonds is 4. The number of aliphatic imine (C=N–C) groups is 2. The van der Waals surface area contributed by atoms with Crippen LogP contribution in [0.5, 0.6) is 0 Å². The molecule has 0 aliphatic heterocycles. The molecular weight excluding hydrogens is 304 g/mol. The molecule has 132 valence electrons. The molecule has 25 heavy (non-hydrogen) atoms. The molecule has 2 aromatic carbocycles. The van der Waals surface area contributed by atoms with Gasteiger partial charge in [-0.1, -0.05) is 35.4 Å². The Hall–Kier alpha value is -2.22. The van der Waals surface area contributed by atoms with E-state index in [1.807, 2.05) is 0 Å². The first kappa shape index (κ1) is 19.1. The Morgan fingerprint density at radius 1 is 0.600 bits per heavy atom. The molecule has 0 atom stereocenters. The molecule has 0 spiro atoms. The van der Waals surface area contributed by atoms with Crippen LogP contribution in [0.2, 0.25) is 0 Å². The maximum absolute atomic E-state index is 4.88. The van der Waals surface area contributed by atoms with E-state index in [2.05, 4.69) is 79.7 Å². The van der Waals surface area contributed by atoms with Gasteiger partial charge in [0.15, 0.2) is 0 Å². The molecule has 2 heteroatoms. The van der Waals surface area contributed by atoms with Crippen molar-refractivity contribution in [3.63, 3.8) is 0 Å². The number of benzene rings is 2. The van der Waals surface area contributed by atoms with E-state index in [1.54, 1.807) is 0 Å². The van der Waals surface area contributed by atoms with Crippen LogP contribution in [0.4, 0.5) is 11.4 Å². The Balaban J connectivity index is 2.27. The second-order valence-electron chi connectivity index (χ2n) is 7.37.